The van der Waals surface area contributed by atoms with E-state index in [1.807, 2.05) is 14.2 Å². The second-order valence-corrected chi connectivity index (χ2v) is 4.39. The third-order valence-electron chi connectivity index (χ3n) is 3.52. The van der Waals surface area contributed by atoms with E-state index in [4.69, 9.17) is 4.74 Å². The molecule has 2 nitrogen and oxygen atoms in total. The van der Waals surface area contributed by atoms with Gasteiger partial charge in [-0.05, 0) is 32.7 Å². The monoisotopic (exact) mass is 185 g/mol. The summed E-state index contributed by atoms with van der Waals surface area (Å²) >= 11 is 0. The Morgan fingerprint density at radius 3 is 2.46 bits per heavy atom. The number of likely N-dealkylation sites (N-methyl/N-ethyl adjacent to an activating group) is 1. The van der Waals surface area contributed by atoms with Crippen molar-refractivity contribution in [1.82, 2.24) is 5.32 Å². The fraction of sp³-hybridized carbons (Fsp3) is 1.00. The first-order valence-corrected chi connectivity index (χ1v) is 5.38. The van der Waals surface area contributed by atoms with Crippen molar-refractivity contribution < 1.29 is 4.74 Å². The van der Waals surface area contributed by atoms with Crippen molar-refractivity contribution in [3.63, 3.8) is 0 Å². The van der Waals surface area contributed by atoms with Gasteiger partial charge in [-0.25, -0.2) is 0 Å². The Bertz CT molecular complexity index is 150. The summed E-state index contributed by atoms with van der Waals surface area (Å²) in [6, 6.07) is 0.509. The molecule has 1 aliphatic rings. The highest BCUT2D eigenvalue weighted by Crippen LogP contribution is 2.36. The first-order chi connectivity index (χ1) is 6.16. The van der Waals surface area contributed by atoms with Gasteiger partial charge < -0.3 is 10.1 Å². The molecule has 0 heterocycles. The van der Waals surface area contributed by atoms with E-state index in [2.05, 4.69) is 19.2 Å². The Balaban J connectivity index is 2.49. The van der Waals surface area contributed by atoms with Crippen LogP contribution in [0.5, 0.6) is 0 Å². The molecule has 0 aromatic heterocycles. The van der Waals surface area contributed by atoms with Gasteiger partial charge in [-0.3, -0.25) is 0 Å². The summed E-state index contributed by atoms with van der Waals surface area (Å²) in [4.78, 5) is 0. The molecular formula is C11H23NO. The average molecular weight is 185 g/mol. The molecule has 0 aromatic rings. The van der Waals surface area contributed by atoms with Gasteiger partial charge in [0, 0.05) is 13.2 Å². The van der Waals surface area contributed by atoms with Crippen molar-refractivity contribution in [3.05, 3.63) is 0 Å². The van der Waals surface area contributed by atoms with Gasteiger partial charge in [0.05, 0.1) is 5.60 Å². The van der Waals surface area contributed by atoms with Crippen LogP contribution < -0.4 is 5.32 Å². The van der Waals surface area contributed by atoms with E-state index in [1.54, 1.807) is 0 Å². The fourth-order valence-corrected chi connectivity index (χ4v) is 1.89. The van der Waals surface area contributed by atoms with Crippen molar-refractivity contribution in [2.75, 3.05) is 14.2 Å². The molecule has 0 aliphatic heterocycles. The summed E-state index contributed by atoms with van der Waals surface area (Å²) in [5, 5.41) is 3.39. The Kier molecular flexibility index (Phi) is 3.74. The van der Waals surface area contributed by atoms with Crippen LogP contribution in [0, 0.1) is 5.92 Å². The summed E-state index contributed by atoms with van der Waals surface area (Å²) in [5.41, 5.74) is 0.0113. The standard InChI is InChI=1S/C11H23NO/c1-5-11(2,13-4)10(12-3)8-9-6-7-9/h9-10,12H,5-8H2,1-4H3. The zero-order valence-electron chi connectivity index (χ0n) is 9.39. The fourth-order valence-electron chi connectivity index (χ4n) is 1.89. The predicted molar refractivity (Wildman–Crippen MR) is 55.9 cm³/mol. The topological polar surface area (TPSA) is 21.3 Å². The summed E-state index contributed by atoms with van der Waals surface area (Å²) < 4.78 is 5.61. The van der Waals surface area contributed by atoms with E-state index in [1.165, 1.54) is 19.3 Å². The van der Waals surface area contributed by atoms with Gasteiger partial charge in [-0.1, -0.05) is 19.8 Å². The zero-order chi connectivity index (χ0) is 9.90. The number of methoxy groups -OCH3 is 1. The summed E-state index contributed by atoms with van der Waals surface area (Å²) in [7, 11) is 3.86. The SMILES string of the molecule is CCC(C)(OC)C(CC1CC1)NC. The van der Waals surface area contributed by atoms with Crippen molar-refractivity contribution in [3.8, 4) is 0 Å². The maximum absolute atomic E-state index is 5.61. The minimum Gasteiger partial charge on any atom is -0.377 e. The van der Waals surface area contributed by atoms with Gasteiger partial charge in [0.15, 0.2) is 0 Å². The Labute approximate surface area is 82.0 Å². The normalized spacial score (nSPS) is 24.0. The second-order valence-electron chi connectivity index (χ2n) is 4.39. The predicted octanol–water partition coefficient (Wildman–Crippen LogP) is 2.19. The Hall–Kier alpha value is -0.0800. The molecule has 1 N–H and O–H groups in total. The Morgan fingerprint density at radius 2 is 2.15 bits per heavy atom. The molecule has 2 unspecified atom stereocenters. The van der Waals surface area contributed by atoms with Gasteiger partial charge in [0.1, 0.15) is 0 Å². The van der Waals surface area contributed by atoms with E-state index >= 15 is 0 Å². The number of ether oxygens (including phenoxy) is 1. The van der Waals surface area contributed by atoms with Crippen LogP contribution in [-0.2, 0) is 4.74 Å². The first kappa shape index (κ1) is 11.0. The molecule has 0 spiro atoms. The lowest BCUT2D eigenvalue weighted by molar-refractivity contribution is -0.0305. The Morgan fingerprint density at radius 1 is 1.54 bits per heavy atom. The minimum absolute atomic E-state index is 0.0113. The van der Waals surface area contributed by atoms with Crippen molar-refractivity contribution >= 4 is 0 Å². The minimum atomic E-state index is 0.0113. The average Bonchev–Trinajstić information content (AvgIpc) is 2.96. The van der Waals surface area contributed by atoms with Crippen molar-refractivity contribution in [1.29, 1.82) is 0 Å². The smallest absolute Gasteiger partial charge is 0.0800 e. The molecule has 0 saturated heterocycles. The summed E-state index contributed by atoms with van der Waals surface area (Å²) in [5.74, 6) is 0.957. The molecule has 78 valence electrons. The summed E-state index contributed by atoms with van der Waals surface area (Å²) in [6.45, 7) is 4.40. The van der Waals surface area contributed by atoms with E-state index < -0.39 is 0 Å². The lowest BCUT2D eigenvalue weighted by atomic mass is 9.89. The highest BCUT2D eigenvalue weighted by Gasteiger charge is 2.35. The van der Waals surface area contributed by atoms with E-state index in [9.17, 15) is 0 Å². The number of rotatable bonds is 6. The molecule has 2 atom stereocenters. The molecule has 13 heavy (non-hydrogen) atoms. The van der Waals surface area contributed by atoms with Crippen LogP contribution in [0.2, 0.25) is 0 Å². The molecule has 1 fully saturated rings. The van der Waals surface area contributed by atoms with E-state index in [0.29, 0.717) is 6.04 Å². The van der Waals surface area contributed by atoms with Crippen LogP contribution in [0.3, 0.4) is 0 Å². The maximum Gasteiger partial charge on any atom is 0.0800 e. The van der Waals surface area contributed by atoms with Crippen LogP contribution in [0.15, 0.2) is 0 Å². The van der Waals surface area contributed by atoms with Crippen LogP contribution in [0.4, 0.5) is 0 Å². The first-order valence-electron chi connectivity index (χ1n) is 5.38. The number of hydrogen-bond acceptors (Lipinski definition) is 2. The molecule has 2 heteroatoms. The van der Waals surface area contributed by atoms with Crippen molar-refractivity contribution in [2.24, 2.45) is 5.92 Å². The third-order valence-corrected chi connectivity index (χ3v) is 3.52. The molecule has 0 aromatic carbocycles. The highest BCUT2D eigenvalue weighted by molar-refractivity contribution is 4.91. The molecule has 1 aliphatic carbocycles. The molecule has 1 saturated carbocycles. The highest BCUT2D eigenvalue weighted by atomic mass is 16.5. The number of hydrogen-bond donors (Lipinski definition) is 1. The molecule has 0 amide bonds. The zero-order valence-corrected chi connectivity index (χ0v) is 9.39. The third kappa shape index (κ3) is 2.68. The number of nitrogens with one attached hydrogen (secondary N) is 1. The molecule has 0 radical (unpaired) electrons. The lowest BCUT2D eigenvalue weighted by Crippen LogP contribution is -2.48. The van der Waals surface area contributed by atoms with E-state index in [-0.39, 0.29) is 5.60 Å². The van der Waals surface area contributed by atoms with Gasteiger partial charge >= 0.3 is 0 Å². The van der Waals surface area contributed by atoms with Gasteiger partial charge in [-0.15, -0.1) is 0 Å². The van der Waals surface area contributed by atoms with Gasteiger partial charge in [0.25, 0.3) is 0 Å². The van der Waals surface area contributed by atoms with Crippen LogP contribution >= 0.6 is 0 Å². The van der Waals surface area contributed by atoms with Gasteiger partial charge in [-0.2, -0.15) is 0 Å². The largest absolute Gasteiger partial charge is 0.377 e. The van der Waals surface area contributed by atoms with Crippen LogP contribution in [0.1, 0.15) is 39.5 Å². The quantitative estimate of drug-likeness (QED) is 0.685. The van der Waals surface area contributed by atoms with Crippen LogP contribution in [-0.4, -0.2) is 25.8 Å². The van der Waals surface area contributed by atoms with Crippen LogP contribution in [0.25, 0.3) is 0 Å². The van der Waals surface area contributed by atoms with E-state index in [0.717, 1.165) is 12.3 Å². The summed E-state index contributed by atoms with van der Waals surface area (Å²) in [6.07, 6.45) is 5.18. The molecular weight excluding hydrogens is 162 g/mol. The van der Waals surface area contributed by atoms with Gasteiger partial charge in [0.2, 0.25) is 0 Å². The second kappa shape index (κ2) is 4.43. The maximum atomic E-state index is 5.61. The molecule has 0 bridgehead atoms. The van der Waals surface area contributed by atoms with Crippen molar-refractivity contribution in [2.45, 2.75) is 51.2 Å². The molecule has 1 rings (SSSR count). The lowest BCUT2D eigenvalue weighted by Gasteiger charge is -2.35.